The van der Waals surface area contributed by atoms with E-state index in [0.29, 0.717) is 6.42 Å². The first-order valence-corrected chi connectivity index (χ1v) is 6.60. The second-order valence-corrected chi connectivity index (χ2v) is 4.59. The van der Waals surface area contributed by atoms with E-state index < -0.39 is 0 Å². The lowest BCUT2D eigenvalue weighted by molar-refractivity contribution is -0.425. The van der Waals surface area contributed by atoms with Gasteiger partial charge in [0.2, 0.25) is 0 Å². The minimum Gasteiger partial charge on any atom is -0.272 e. The monoisotopic (exact) mass is 271 g/mol. The van der Waals surface area contributed by atoms with Gasteiger partial charge in [-0.25, -0.2) is 0 Å². The van der Waals surface area contributed by atoms with Crippen molar-refractivity contribution in [2.75, 3.05) is 0 Å². The van der Waals surface area contributed by atoms with Gasteiger partial charge in [0.1, 0.15) is 0 Å². The zero-order valence-electron chi connectivity index (χ0n) is 11.4. The number of nitro groups is 1. The molecule has 1 aromatic carbocycles. The van der Waals surface area contributed by atoms with Crippen molar-refractivity contribution in [1.29, 1.82) is 0 Å². The lowest BCUT2D eigenvalue weighted by atomic mass is 10.1. The summed E-state index contributed by atoms with van der Waals surface area (Å²) in [7, 11) is 0. The third kappa shape index (κ3) is 3.78. The molecule has 0 saturated heterocycles. The largest absolute Gasteiger partial charge is 0.272 e. The highest BCUT2D eigenvalue weighted by molar-refractivity contribution is 5.49. The van der Waals surface area contributed by atoms with Crippen LogP contribution in [0.15, 0.2) is 48.4 Å². The summed E-state index contributed by atoms with van der Waals surface area (Å²) >= 11 is 0. The van der Waals surface area contributed by atoms with Gasteiger partial charge in [0.25, 0.3) is 5.70 Å². The maximum Gasteiger partial charge on any atom is 0.251 e. The molecule has 0 spiro atoms. The summed E-state index contributed by atoms with van der Waals surface area (Å²) in [6.45, 7) is 2.88. The van der Waals surface area contributed by atoms with Crippen LogP contribution in [0.25, 0.3) is 6.08 Å². The molecule has 104 valence electrons. The third-order valence-corrected chi connectivity index (χ3v) is 2.90. The Labute approximate surface area is 117 Å². The molecule has 0 amide bonds. The summed E-state index contributed by atoms with van der Waals surface area (Å²) in [5.41, 5.74) is 1.87. The Morgan fingerprint density at radius 2 is 2.15 bits per heavy atom. The molecule has 5 nitrogen and oxygen atoms in total. The molecule has 0 aliphatic carbocycles. The molecule has 2 aromatic rings. The van der Waals surface area contributed by atoms with Crippen molar-refractivity contribution in [2.45, 2.75) is 26.3 Å². The van der Waals surface area contributed by atoms with E-state index in [-0.39, 0.29) is 10.6 Å². The lowest BCUT2D eigenvalue weighted by Gasteiger charge is -1.99. The van der Waals surface area contributed by atoms with Gasteiger partial charge in [-0.05, 0) is 12.0 Å². The number of hydrogen-bond donors (Lipinski definition) is 0. The van der Waals surface area contributed by atoms with Gasteiger partial charge in [0, 0.05) is 24.4 Å². The third-order valence-electron chi connectivity index (χ3n) is 2.90. The number of aromatic nitrogens is 2. The van der Waals surface area contributed by atoms with Crippen molar-refractivity contribution in [3.8, 4) is 0 Å². The fraction of sp³-hybridized carbons (Fsp3) is 0.267. The Balaban J connectivity index is 2.19. The molecule has 20 heavy (non-hydrogen) atoms. The van der Waals surface area contributed by atoms with E-state index in [1.165, 1.54) is 0 Å². The maximum atomic E-state index is 11.2. The van der Waals surface area contributed by atoms with E-state index in [2.05, 4.69) is 12.0 Å². The quantitative estimate of drug-likeness (QED) is 0.599. The first-order chi connectivity index (χ1) is 9.69. The van der Waals surface area contributed by atoms with Crippen LogP contribution in [0.1, 0.15) is 24.5 Å². The van der Waals surface area contributed by atoms with Gasteiger partial charge in [-0.15, -0.1) is 0 Å². The molecule has 0 saturated carbocycles. The van der Waals surface area contributed by atoms with Gasteiger partial charge in [-0.1, -0.05) is 37.3 Å². The van der Waals surface area contributed by atoms with Crippen molar-refractivity contribution >= 4 is 6.08 Å². The van der Waals surface area contributed by atoms with Crippen LogP contribution in [-0.2, 0) is 13.0 Å². The van der Waals surface area contributed by atoms with Crippen LogP contribution in [0.2, 0.25) is 0 Å². The average Bonchev–Trinajstić information content (AvgIpc) is 2.87. The van der Waals surface area contributed by atoms with Crippen molar-refractivity contribution < 1.29 is 4.92 Å². The Morgan fingerprint density at radius 3 is 2.80 bits per heavy atom. The Kier molecular flexibility index (Phi) is 4.65. The number of allylic oxidation sites excluding steroid dienone is 1. The smallest absolute Gasteiger partial charge is 0.251 e. The van der Waals surface area contributed by atoms with Gasteiger partial charge in [0.05, 0.1) is 17.5 Å². The molecule has 1 aromatic heterocycles. The fourth-order valence-electron chi connectivity index (χ4n) is 1.97. The molecule has 5 heteroatoms. The maximum absolute atomic E-state index is 11.2. The topological polar surface area (TPSA) is 61.0 Å². The molecule has 0 fully saturated rings. The number of nitrogens with zero attached hydrogens (tertiary/aromatic N) is 3. The molecular formula is C15H17N3O2. The average molecular weight is 271 g/mol. The van der Waals surface area contributed by atoms with E-state index in [1.54, 1.807) is 17.0 Å². The molecular weight excluding hydrogens is 254 g/mol. The zero-order valence-corrected chi connectivity index (χ0v) is 11.4. The molecule has 0 atom stereocenters. The second kappa shape index (κ2) is 6.65. The molecule has 1 heterocycles. The molecule has 0 unspecified atom stereocenters. The predicted octanol–water partition coefficient (Wildman–Crippen LogP) is 3.15. The SMILES string of the molecule is CCCn1cc(/C=C(/Cc2ccccc2)[N+](=O)[O-])cn1. The van der Waals surface area contributed by atoms with Crippen LogP contribution in [0.5, 0.6) is 0 Å². The van der Waals surface area contributed by atoms with Crippen LogP contribution in [0.4, 0.5) is 0 Å². The van der Waals surface area contributed by atoms with Gasteiger partial charge in [-0.3, -0.25) is 14.8 Å². The summed E-state index contributed by atoms with van der Waals surface area (Å²) < 4.78 is 1.80. The minimum atomic E-state index is -0.329. The standard InChI is InChI=1S/C15H17N3O2/c1-2-8-17-12-14(11-16-17)10-15(18(19)20)9-13-6-4-3-5-7-13/h3-7,10-12H,2,8-9H2,1H3/b15-10-. The van der Waals surface area contributed by atoms with E-state index in [9.17, 15) is 10.1 Å². The van der Waals surface area contributed by atoms with Gasteiger partial charge < -0.3 is 0 Å². The van der Waals surface area contributed by atoms with E-state index >= 15 is 0 Å². The van der Waals surface area contributed by atoms with Crippen LogP contribution in [0, 0.1) is 10.1 Å². The van der Waals surface area contributed by atoms with Crippen molar-refractivity contribution in [3.63, 3.8) is 0 Å². The number of hydrogen-bond acceptors (Lipinski definition) is 3. The molecule has 0 radical (unpaired) electrons. The number of aryl methyl sites for hydroxylation is 1. The highest BCUT2D eigenvalue weighted by Crippen LogP contribution is 2.13. The molecule has 0 aliphatic rings. The van der Waals surface area contributed by atoms with Crippen LogP contribution in [-0.4, -0.2) is 14.7 Å². The highest BCUT2D eigenvalue weighted by Gasteiger charge is 2.12. The van der Waals surface area contributed by atoms with E-state index in [1.807, 2.05) is 36.5 Å². The van der Waals surface area contributed by atoms with Crippen LogP contribution in [0.3, 0.4) is 0 Å². The van der Waals surface area contributed by atoms with Crippen molar-refractivity contribution in [1.82, 2.24) is 9.78 Å². The van der Waals surface area contributed by atoms with E-state index in [4.69, 9.17) is 0 Å². The Hall–Kier alpha value is -2.43. The number of rotatable bonds is 6. The summed E-state index contributed by atoms with van der Waals surface area (Å²) in [5.74, 6) is 0. The van der Waals surface area contributed by atoms with Crippen LogP contribution < -0.4 is 0 Å². The second-order valence-electron chi connectivity index (χ2n) is 4.59. The summed E-state index contributed by atoms with van der Waals surface area (Å²) in [6.07, 6.45) is 6.37. The van der Waals surface area contributed by atoms with Gasteiger partial charge >= 0.3 is 0 Å². The molecule has 0 N–H and O–H groups in total. The summed E-state index contributed by atoms with van der Waals surface area (Å²) in [4.78, 5) is 10.8. The fourth-order valence-corrected chi connectivity index (χ4v) is 1.97. The zero-order chi connectivity index (χ0) is 14.4. The Morgan fingerprint density at radius 1 is 1.40 bits per heavy atom. The summed E-state index contributed by atoms with van der Waals surface area (Å²) in [5, 5.41) is 15.3. The first kappa shape index (κ1) is 14.0. The minimum absolute atomic E-state index is 0.173. The first-order valence-electron chi connectivity index (χ1n) is 6.60. The summed E-state index contributed by atoms with van der Waals surface area (Å²) in [6, 6.07) is 9.43. The highest BCUT2D eigenvalue weighted by atomic mass is 16.6. The molecule has 0 bridgehead atoms. The van der Waals surface area contributed by atoms with Gasteiger partial charge in [0.15, 0.2) is 0 Å². The lowest BCUT2D eigenvalue weighted by Crippen LogP contribution is -2.02. The normalized spacial score (nSPS) is 11.6. The van der Waals surface area contributed by atoms with E-state index in [0.717, 1.165) is 24.1 Å². The van der Waals surface area contributed by atoms with Crippen molar-refractivity contribution in [2.24, 2.45) is 0 Å². The predicted molar refractivity (Wildman–Crippen MR) is 77.6 cm³/mol. The molecule has 2 rings (SSSR count). The Bertz CT molecular complexity index is 603. The van der Waals surface area contributed by atoms with Crippen LogP contribution >= 0.6 is 0 Å². The van der Waals surface area contributed by atoms with Crippen molar-refractivity contribution in [3.05, 3.63) is 69.7 Å². The van der Waals surface area contributed by atoms with Gasteiger partial charge in [-0.2, -0.15) is 5.10 Å². The molecule has 0 aliphatic heterocycles. The number of benzene rings is 1.